The largest absolute Gasteiger partial charge is 0.489 e. The zero-order valence-corrected chi connectivity index (χ0v) is 54.0. The predicted octanol–water partition coefficient (Wildman–Crippen LogP) is 9.04. The van der Waals surface area contributed by atoms with Gasteiger partial charge in [0, 0.05) is 42.4 Å². The number of nitrogens with two attached hydrogens (primary N) is 3. The summed E-state index contributed by atoms with van der Waals surface area (Å²) in [6.07, 6.45) is 13.1. The van der Waals surface area contributed by atoms with Gasteiger partial charge in [-0.15, -0.1) is 0 Å². The highest BCUT2D eigenvalue weighted by Gasteiger charge is 2.35. The first-order valence-corrected chi connectivity index (χ1v) is 32.7. The van der Waals surface area contributed by atoms with E-state index < -0.39 is 47.9 Å². The summed E-state index contributed by atoms with van der Waals surface area (Å²) < 4.78 is 19.4. The van der Waals surface area contributed by atoms with Crippen LogP contribution in [0, 0.1) is 17.8 Å². The highest BCUT2D eigenvalue weighted by Crippen LogP contribution is 2.40. The molecule has 0 heterocycles. The average molecular weight is 1240 g/mol. The molecule has 0 saturated carbocycles. The van der Waals surface area contributed by atoms with Crippen molar-refractivity contribution in [2.24, 2.45) is 35.0 Å². The number of carboxylic acids is 1. The molecule has 5 amide bonds. The lowest BCUT2D eigenvalue weighted by Crippen LogP contribution is -2.60. The van der Waals surface area contributed by atoms with Crippen LogP contribution in [0.2, 0.25) is 0 Å². The quantitative estimate of drug-likeness (QED) is 0.0146. The maximum atomic E-state index is 13.9. The molecule has 4 rings (SSSR count). The molecule has 0 unspecified atom stereocenters. The maximum absolute atomic E-state index is 13.9. The monoisotopic (exact) mass is 1240 g/mol. The number of hydrogen-bond donors (Lipinski definition) is 10. The molecule has 88 heavy (non-hydrogen) atoms. The number of amides is 5. The molecule has 0 bridgehead atoms. The Morgan fingerprint density at radius 1 is 0.534 bits per heavy atom. The van der Waals surface area contributed by atoms with E-state index in [0.717, 1.165) is 68.1 Å². The smallest absolute Gasteiger partial charge is 0.326 e. The summed E-state index contributed by atoms with van der Waals surface area (Å²) in [6, 6.07) is 29.1. The van der Waals surface area contributed by atoms with Crippen molar-refractivity contribution in [2.75, 3.05) is 32.1 Å². The van der Waals surface area contributed by atoms with E-state index in [-0.39, 0.29) is 79.5 Å². The van der Waals surface area contributed by atoms with E-state index in [1.807, 2.05) is 75.4 Å². The van der Waals surface area contributed by atoms with Crippen molar-refractivity contribution >= 4 is 48.1 Å². The number of benzene rings is 4. The molecule has 0 fully saturated rings. The van der Waals surface area contributed by atoms with Crippen molar-refractivity contribution < 1.29 is 48.1 Å². The summed E-state index contributed by atoms with van der Waals surface area (Å²) in [7, 11) is 0. The number of ether oxygens (including phenoxy) is 3. The zero-order chi connectivity index (χ0) is 64.2. The van der Waals surface area contributed by atoms with Gasteiger partial charge in [-0.3, -0.25) is 24.0 Å². The van der Waals surface area contributed by atoms with Crippen LogP contribution in [-0.2, 0) is 43.2 Å². The van der Waals surface area contributed by atoms with Gasteiger partial charge in [0.1, 0.15) is 24.2 Å². The number of hydrogen-bond acceptors (Lipinski definition) is 13. The lowest BCUT2D eigenvalue weighted by molar-refractivity contribution is -0.143. The van der Waals surface area contributed by atoms with E-state index in [4.69, 9.17) is 31.4 Å². The summed E-state index contributed by atoms with van der Waals surface area (Å²) in [5.41, 5.74) is 23.6. The Balaban J connectivity index is 1.24. The van der Waals surface area contributed by atoms with Gasteiger partial charge in [-0.2, -0.15) is 12.6 Å². The molecule has 19 heteroatoms. The van der Waals surface area contributed by atoms with Crippen molar-refractivity contribution in [3.63, 3.8) is 0 Å². The van der Waals surface area contributed by atoms with Gasteiger partial charge in [-0.1, -0.05) is 184 Å². The molecule has 0 aromatic heterocycles. The minimum absolute atomic E-state index is 0.00359. The van der Waals surface area contributed by atoms with E-state index in [2.05, 4.69) is 75.6 Å². The third-order valence-electron chi connectivity index (χ3n) is 15.6. The van der Waals surface area contributed by atoms with Crippen molar-refractivity contribution in [3.8, 4) is 17.2 Å². The first-order chi connectivity index (χ1) is 42.3. The minimum Gasteiger partial charge on any atom is -0.489 e. The van der Waals surface area contributed by atoms with Crippen LogP contribution < -0.4 is 58.0 Å². The Morgan fingerprint density at radius 3 is 1.40 bits per heavy atom. The van der Waals surface area contributed by atoms with E-state index in [1.165, 1.54) is 0 Å². The van der Waals surface area contributed by atoms with Gasteiger partial charge < -0.3 is 63.1 Å². The van der Waals surface area contributed by atoms with Crippen LogP contribution in [0.15, 0.2) is 103 Å². The third kappa shape index (κ3) is 28.7. The van der Waals surface area contributed by atoms with Gasteiger partial charge in [0.2, 0.25) is 29.4 Å². The topological polar surface area (TPSA) is 289 Å². The summed E-state index contributed by atoms with van der Waals surface area (Å²) in [6.45, 7) is 12.2. The standard InChI is InChI=1S/C69H104N8O10S/c1-7-49(6)63(68(82)75-57(69(83)84)40-47(2)3)77-67(81)62(48(4)5)76-66(80)58(46-88)74-61(78)32-24-13-11-9-8-10-12-14-25-36-73-65(79)53-44-59(85-37-33-54(70)41-50-26-18-15-19-27-50)64(87-39-35-56(72)43-52-30-22-17-23-31-52)60(45-53)86-38-34-55(71)42-51-28-20-16-21-29-51/h15-23,26-31,44-45,47-49,54-58,62-63,88H,7-14,24-25,32-43,46,70-72H2,1-6H3,(H,73,79)(H,74,78)(H,75,82)(H,76,80)(H,77,81)(H,83,84)/t49-,54+,55+,56+,57-,58-,62-,63-/m0/s1. The third-order valence-corrected chi connectivity index (χ3v) is 16.0. The predicted molar refractivity (Wildman–Crippen MR) is 353 cm³/mol. The first-order valence-electron chi connectivity index (χ1n) is 32.0. The van der Waals surface area contributed by atoms with Crippen molar-refractivity contribution in [1.82, 2.24) is 26.6 Å². The van der Waals surface area contributed by atoms with Crippen LogP contribution in [0.3, 0.4) is 0 Å². The molecule has 4 aromatic carbocycles. The molecule has 0 aliphatic heterocycles. The second kappa shape index (κ2) is 41.5. The molecular formula is C69H104N8O10S. The zero-order valence-electron chi connectivity index (χ0n) is 53.2. The summed E-state index contributed by atoms with van der Waals surface area (Å²) in [4.78, 5) is 79.3. The van der Waals surface area contributed by atoms with Gasteiger partial charge in [0.05, 0.1) is 19.8 Å². The van der Waals surface area contributed by atoms with Crippen LogP contribution >= 0.6 is 12.6 Å². The number of rotatable bonds is 45. The molecule has 18 nitrogen and oxygen atoms in total. The Bertz CT molecular complexity index is 2600. The Kier molecular flexibility index (Phi) is 34.8. The van der Waals surface area contributed by atoms with Crippen molar-refractivity contribution in [3.05, 3.63) is 125 Å². The molecule has 4 aromatic rings. The Morgan fingerprint density at radius 2 is 0.966 bits per heavy atom. The Labute approximate surface area is 529 Å². The van der Waals surface area contributed by atoms with Crippen LogP contribution in [0.5, 0.6) is 17.2 Å². The number of carbonyl (C=O) groups excluding carboxylic acids is 5. The van der Waals surface area contributed by atoms with Gasteiger partial charge in [-0.05, 0) is 104 Å². The second-order valence-corrected chi connectivity index (χ2v) is 24.5. The van der Waals surface area contributed by atoms with E-state index in [0.29, 0.717) is 87.3 Å². The molecular weight excluding hydrogens is 1130 g/mol. The fourth-order valence-electron chi connectivity index (χ4n) is 10.2. The highest BCUT2D eigenvalue weighted by molar-refractivity contribution is 7.80. The van der Waals surface area contributed by atoms with Crippen LogP contribution in [0.1, 0.15) is 165 Å². The summed E-state index contributed by atoms with van der Waals surface area (Å²) in [5.74, 6) is -2.99. The number of nitrogens with one attached hydrogen (secondary N) is 5. The van der Waals surface area contributed by atoms with E-state index in [1.54, 1.807) is 32.9 Å². The molecule has 12 N–H and O–H groups in total. The fourth-order valence-corrected chi connectivity index (χ4v) is 10.4. The van der Waals surface area contributed by atoms with Crippen molar-refractivity contribution in [2.45, 2.75) is 199 Å². The maximum Gasteiger partial charge on any atom is 0.326 e. The first kappa shape index (κ1) is 73.8. The molecule has 8 atom stereocenters. The van der Waals surface area contributed by atoms with Crippen LogP contribution in [0.25, 0.3) is 0 Å². The lowest BCUT2D eigenvalue weighted by atomic mass is 9.95. The molecule has 0 aliphatic rings. The number of carbonyl (C=O) groups is 6. The number of aliphatic carboxylic acids is 1. The lowest BCUT2D eigenvalue weighted by Gasteiger charge is -2.30. The molecule has 0 spiro atoms. The van der Waals surface area contributed by atoms with Gasteiger partial charge in [0.25, 0.3) is 5.91 Å². The van der Waals surface area contributed by atoms with Crippen LogP contribution in [-0.4, -0.2) is 115 Å². The van der Waals surface area contributed by atoms with Gasteiger partial charge in [-0.25, -0.2) is 4.79 Å². The van der Waals surface area contributed by atoms with E-state index >= 15 is 0 Å². The molecule has 0 saturated heterocycles. The molecule has 0 radical (unpaired) electrons. The average Bonchev–Trinajstić information content (AvgIpc) is 1.48. The number of carboxylic acid groups (broad SMARTS) is 1. The SMILES string of the molecule is CC[C@H](C)[C@H](NC(=O)[C@@H](NC(=O)[C@H](CS)NC(=O)CCCCCCCCCCCNC(=O)c1cc(OCC[C@@H](N)Cc2ccccc2)c(OCC[C@@H](N)Cc2ccccc2)c(OCC[C@@H](N)Cc2ccccc2)c1)C(C)C)C(=O)N[C@@H](CC(C)C)C(=O)O. The summed E-state index contributed by atoms with van der Waals surface area (Å²) >= 11 is 4.32. The Hall–Kier alpha value is -6.67. The van der Waals surface area contributed by atoms with Crippen molar-refractivity contribution in [1.29, 1.82) is 0 Å². The van der Waals surface area contributed by atoms with Gasteiger partial charge >= 0.3 is 5.97 Å². The van der Waals surface area contributed by atoms with Crippen LogP contribution in [0.4, 0.5) is 0 Å². The minimum atomic E-state index is -1.16. The number of thiol groups is 1. The molecule has 0 aliphatic carbocycles. The van der Waals surface area contributed by atoms with E-state index in [9.17, 15) is 33.9 Å². The summed E-state index contributed by atoms with van der Waals surface area (Å²) in [5, 5.41) is 23.7. The number of unbranched alkanes of at least 4 members (excludes halogenated alkanes) is 8. The highest BCUT2D eigenvalue weighted by atomic mass is 32.1. The fraction of sp³-hybridized carbons (Fsp3) is 0.565. The second-order valence-electron chi connectivity index (χ2n) is 24.2. The molecule has 486 valence electrons. The van der Waals surface area contributed by atoms with Gasteiger partial charge in [0.15, 0.2) is 11.5 Å². The normalized spacial score (nSPS) is 14.1.